The van der Waals surface area contributed by atoms with Gasteiger partial charge in [-0.15, -0.1) is 0 Å². The number of amides is 1. The minimum Gasteiger partial charge on any atom is -0.462 e. The van der Waals surface area contributed by atoms with Gasteiger partial charge in [0.15, 0.2) is 0 Å². The number of anilines is 1. The summed E-state index contributed by atoms with van der Waals surface area (Å²) in [4.78, 5) is 26.8. The maximum absolute atomic E-state index is 13.4. The number of rotatable bonds is 6. The fraction of sp³-hybridized carbons (Fsp3) is 0.130. The second kappa shape index (κ2) is 9.98. The van der Waals surface area contributed by atoms with Gasteiger partial charge < -0.3 is 9.64 Å². The largest absolute Gasteiger partial charge is 0.462 e. The minimum atomic E-state index is -0.422. The summed E-state index contributed by atoms with van der Waals surface area (Å²) in [5, 5.41) is 1.30. The van der Waals surface area contributed by atoms with Gasteiger partial charge in [-0.3, -0.25) is 4.79 Å². The molecule has 0 saturated heterocycles. The zero-order valence-electron chi connectivity index (χ0n) is 16.1. The third-order valence-corrected chi connectivity index (χ3v) is 5.30. The number of ether oxygens (including phenoxy) is 1. The lowest BCUT2D eigenvalue weighted by Crippen LogP contribution is -2.30. The molecule has 154 valence electrons. The normalized spacial score (nSPS) is 10.5. The fourth-order valence-electron chi connectivity index (χ4n) is 2.87. The Kier molecular flexibility index (Phi) is 7.38. The lowest BCUT2D eigenvalue weighted by atomic mass is 10.1. The van der Waals surface area contributed by atoms with E-state index < -0.39 is 5.97 Å². The van der Waals surface area contributed by atoms with Gasteiger partial charge in [-0.2, -0.15) is 0 Å². The van der Waals surface area contributed by atoms with Gasteiger partial charge in [0, 0.05) is 15.7 Å². The van der Waals surface area contributed by atoms with Crippen LogP contribution in [0.5, 0.6) is 0 Å². The van der Waals surface area contributed by atoms with Crippen LogP contribution >= 0.6 is 34.8 Å². The molecule has 1 amide bonds. The molecule has 0 aliphatic carbocycles. The molecule has 0 atom stereocenters. The quantitative estimate of drug-likeness (QED) is 0.384. The van der Waals surface area contributed by atoms with E-state index in [-0.39, 0.29) is 19.1 Å². The molecule has 0 aromatic heterocycles. The van der Waals surface area contributed by atoms with Gasteiger partial charge in [0.2, 0.25) is 0 Å². The Bertz CT molecular complexity index is 1070. The molecule has 30 heavy (non-hydrogen) atoms. The summed E-state index contributed by atoms with van der Waals surface area (Å²) in [6, 6.07) is 18.5. The van der Waals surface area contributed by atoms with Crippen LogP contribution in [0.3, 0.4) is 0 Å². The van der Waals surface area contributed by atoms with E-state index in [0.717, 1.165) is 5.56 Å². The summed E-state index contributed by atoms with van der Waals surface area (Å²) in [6.07, 6.45) is 0. The molecule has 0 radical (unpaired) electrons. The number of halogens is 3. The van der Waals surface area contributed by atoms with Crippen LogP contribution in [-0.2, 0) is 11.3 Å². The highest BCUT2D eigenvalue weighted by atomic mass is 35.5. The van der Waals surface area contributed by atoms with E-state index in [1.54, 1.807) is 78.6 Å². The van der Waals surface area contributed by atoms with Crippen molar-refractivity contribution in [2.45, 2.75) is 13.5 Å². The molecule has 0 N–H and O–H groups in total. The monoisotopic (exact) mass is 461 g/mol. The van der Waals surface area contributed by atoms with Crippen LogP contribution in [0.1, 0.15) is 33.2 Å². The van der Waals surface area contributed by atoms with Crippen molar-refractivity contribution in [2.24, 2.45) is 0 Å². The first kappa shape index (κ1) is 22.2. The van der Waals surface area contributed by atoms with Gasteiger partial charge >= 0.3 is 5.97 Å². The van der Waals surface area contributed by atoms with Gasteiger partial charge in [0.25, 0.3) is 5.91 Å². The molecule has 4 nitrogen and oxygen atoms in total. The molecular formula is C23H18Cl3NO3. The zero-order chi connectivity index (χ0) is 21.7. The highest BCUT2D eigenvalue weighted by Gasteiger charge is 2.22. The number of carbonyl (C=O) groups is 2. The lowest BCUT2D eigenvalue weighted by molar-refractivity contribution is 0.0526. The Labute approximate surface area is 189 Å². The summed E-state index contributed by atoms with van der Waals surface area (Å²) in [7, 11) is 0. The zero-order valence-corrected chi connectivity index (χ0v) is 18.3. The number of esters is 1. The Hall–Kier alpha value is -2.53. The molecule has 0 fully saturated rings. The standard InChI is InChI=1S/C23H18Cl3NO3/c1-2-30-23(29)15-8-11-18(12-9-15)27(14-16-7-10-17(24)13-21(16)26)22(28)19-5-3-4-6-20(19)25/h3-13H,2,14H2,1H3. The molecule has 0 spiro atoms. The molecule has 0 bridgehead atoms. The van der Waals surface area contributed by atoms with Crippen molar-refractivity contribution >= 4 is 52.4 Å². The number of nitrogens with zero attached hydrogens (tertiary/aromatic N) is 1. The molecule has 0 unspecified atom stereocenters. The summed E-state index contributed by atoms with van der Waals surface area (Å²) in [5.41, 5.74) is 2.06. The molecule has 3 aromatic carbocycles. The van der Waals surface area contributed by atoms with Crippen molar-refractivity contribution in [3.05, 3.63) is 98.5 Å². The van der Waals surface area contributed by atoms with Crippen LogP contribution in [0.25, 0.3) is 0 Å². The van der Waals surface area contributed by atoms with Crippen LogP contribution in [0, 0.1) is 0 Å². The predicted molar refractivity (Wildman–Crippen MR) is 121 cm³/mol. The van der Waals surface area contributed by atoms with Crippen molar-refractivity contribution < 1.29 is 14.3 Å². The topological polar surface area (TPSA) is 46.6 Å². The van der Waals surface area contributed by atoms with Crippen molar-refractivity contribution in [1.29, 1.82) is 0 Å². The first-order valence-corrected chi connectivity index (χ1v) is 10.3. The van der Waals surface area contributed by atoms with Gasteiger partial charge in [0.05, 0.1) is 29.3 Å². The van der Waals surface area contributed by atoms with Gasteiger partial charge in [-0.25, -0.2) is 4.79 Å². The molecule has 0 heterocycles. The highest BCUT2D eigenvalue weighted by molar-refractivity contribution is 6.35. The minimum absolute atomic E-state index is 0.193. The lowest BCUT2D eigenvalue weighted by Gasteiger charge is -2.24. The second-order valence-electron chi connectivity index (χ2n) is 6.37. The predicted octanol–water partition coefficient (Wildman–Crippen LogP) is 6.67. The molecule has 3 aromatic rings. The maximum Gasteiger partial charge on any atom is 0.338 e. The Morgan fingerprint density at radius 2 is 1.60 bits per heavy atom. The van der Waals surface area contributed by atoms with E-state index in [4.69, 9.17) is 39.5 Å². The number of carbonyl (C=O) groups excluding carboxylic acids is 2. The Morgan fingerprint density at radius 1 is 0.900 bits per heavy atom. The average molecular weight is 463 g/mol. The smallest absolute Gasteiger partial charge is 0.338 e. The first-order chi connectivity index (χ1) is 14.4. The van der Waals surface area contributed by atoms with Gasteiger partial charge in [0.1, 0.15) is 0 Å². The van der Waals surface area contributed by atoms with Crippen molar-refractivity contribution in [1.82, 2.24) is 0 Å². The third-order valence-electron chi connectivity index (χ3n) is 4.38. The average Bonchev–Trinajstić information content (AvgIpc) is 2.73. The van der Waals surface area contributed by atoms with Gasteiger partial charge in [-0.05, 0) is 61.0 Å². The Morgan fingerprint density at radius 3 is 2.23 bits per heavy atom. The number of hydrogen-bond acceptors (Lipinski definition) is 3. The number of benzene rings is 3. The molecular weight excluding hydrogens is 445 g/mol. The fourth-order valence-corrected chi connectivity index (χ4v) is 3.56. The van der Waals surface area contributed by atoms with E-state index in [0.29, 0.717) is 31.9 Å². The third kappa shape index (κ3) is 5.14. The van der Waals surface area contributed by atoms with E-state index in [1.807, 2.05) is 0 Å². The molecule has 7 heteroatoms. The molecule has 3 rings (SSSR count). The molecule has 0 aliphatic rings. The van der Waals surface area contributed by atoms with Crippen LogP contribution in [0.2, 0.25) is 15.1 Å². The first-order valence-electron chi connectivity index (χ1n) is 9.18. The molecule has 0 aliphatic heterocycles. The van der Waals surface area contributed by atoms with E-state index in [2.05, 4.69) is 0 Å². The van der Waals surface area contributed by atoms with Crippen LogP contribution in [0.4, 0.5) is 5.69 Å². The number of hydrogen-bond donors (Lipinski definition) is 0. The van der Waals surface area contributed by atoms with E-state index in [9.17, 15) is 9.59 Å². The van der Waals surface area contributed by atoms with E-state index in [1.165, 1.54) is 0 Å². The summed E-state index contributed by atoms with van der Waals surface area (Å²) in [6.45, 7) is 2.22. The Balaban J connectivity index is 1.99. The van der Waals surface area contributed by atoms with Crippen LogP contribution in [0.15, 0.2) is 66.7 Å². The summed E-state index contributed by atoms with van der Waals surface area (Å²) in [5.74, 6) is -0.718. The van der Waals surface area contributed by atoms with Crippen LogP contribution in [-0.4, -0.2) is 18.5 Å². The van der Waals surface area contributed by atoms with Crippen molar-refractivity contribution in [3.8, 4) is 0 Å². The highest BCUT2D eigenvalue weighted by Crippen LogP contribution is 2.28. The van der Waals surface area contributed by atoms with Crippen molar-refractivity contribution in [3.63, 3.8) is 0 Å². The van der Waals surface area contributed by atoms with E-state index >= 15 is 0 Å². The van der Waals surface area contributed by atoms with Crippen molar-refractivity contribution in [2.75, 3.05) is 11.5 Å². The van der Waals surface area contributed by atoms with Crippen LogP contribution < -0.4 is 4.90 Å². The second-order valence-corrected chi connectivity index (χ2v) is 7.63. The van der Waals surface area contributed by atoms with Gasteiger partial charge in [-0.1, -0.05) is 53.0 Å². The molecule has 0 saturated carbocycles. The summed E-state index contributed by atoms with van der Waals surface area (Å²) < 4.78 is 5.02. The maximum atomic E-state index is 13.4. The summed E-state index contributed by atoms with van der Waals surface area (Å²) >= 11 is 18.6. The SMILES string of the molecule is CCOC(=O)c1ccc(N(Cc2ccc(Cl)cc2Cl)C(=O)c2ccccc2Cl)cc1.